The highest BCUT2D eigenvalue weighted by Gasteiger charge is 2.32. The van der Waals surface area contributed by atoms with E-state index in [2.05, 4.69) is 17.3 Å². The van der Waals surface area contributed by atoms with E-state index in [0.29, 0.717) is 45.7 Å². The van der Waals surface area contributed by atoms with Crippen molar-refractivity contribution in [1.29, 1.82) is 0 Å². The third-order valence-corrected chi connectivity index (χ3v) is 8.47. The van der Waals surface area contributed by atoms with E-state index in [4.69, 9.17) is 4.98 Å². The van der Waals surface area contributed by atoms with Gasteiger partial charge in [0.05, 0.1) is 39.9 Å². The highest BCUT2D eigenvalue weighted by molar-refractivity contribution is 7.91. The Morgan fingerprint density at radius 1 is 1.14 bits per heavy atom. The molecule has 0 radical (unpaired) electrons. The van der Waals surface area contributed by atoms with Crippen LogP contribution >= 0.6 is 0 Å². The Labute approximate surface area is 209 Å². The molecule has 36 heavy (non-hydrogen) atoms. The predicted molar refractivity (Wildman–Crippen MR) is 138 cm³/mol. The molecule has 0 aliphatic carbocycles. The topological polar surface area (TPSA) is 94.0 Å². The van der Waals surface area contributed by atoms with Gasteiger partial charge in [-0.25, -0.2) is 22.5 Å². The summed E-state index contributed by atoms with van der Waals surface area (Å²) in [5.74, 6) is -0.734. The third kappa shape index (κ3) is 4.51. The maximum atomic E-state index is 14.1. The summed E-state index contributed by atoms with van der Waals surface area (Å²) < 4.78 is 40.1. The fourth-order valence-electron chi connectivity index (χ4n) is 4.64. The standard InChI is InChI=1S/C27H27FN4O3S/c1-4-18-6-8-19(9-7-18)24-14-22(27(33)29-20-10-5-16(2)23(28)13-20)25-17(3)31-32(26(25)30-24)21-11-12-36(34,35)15-21/h5-10,13-14,21H,4,11-12,15H2,1-3H3,(H,29,33). The highest BCUT2D eigenvalue weighted by Crippen LogP contribution is 2.32. The summed E-state index contributed by atoms with van der Waals surface area (Å²) in [5.41, 5.74) is 4.80. The van der Waals surface area contributed by atoms with Crippen molar-refractivity contribution in [3.05, 3.63) is 76.7 Å². The molecule has 0 bridgehead atoms. The molecule has 1 aliphatic rings. The van der Waals surface area contributed by atoms with Gasteiger partial charge in [-0.2, -0.15) is 5.10 Å². The number of hydrogen-bond acceptors (Lipinski definition) is 5. The summed E-state index contributed by atoms with van der Waals surface area (Å²) in [6.45, 7) is 5.51. The number of amides is 1. The Morgan fingerprint density at radius 3 is 2.53 bits per heavy atom. The predicted octanol–water partition coefficient (Wildman–Crippen LogP) is 5.03. The van der Waals surface area contributed by atoms with E-state index in [1.807, 2.05) is 24.3 Å². The number of carbonyl (C=O) groups is 1. The summed E-state index contributed by atoms with van der Waals surface area (Å²) in [6, 6.07) is 13.9. The summed E-state index contributed by atoms with van der Waals surface area (Å²) in [7, 11) is -3.15. The molecule has 1 atom stereocenters. The lowest BCUT2D eigenvalue weighted by atomic mass is 10.0. The fraction of sp³-hybridized carbons (Fsp3) is 0.296. The van der Waals surface area contributed by atoms with Crippen LogP contribution in [0.25, 0.3) is 22.3 Å². The van der Waals surface area contributed by atoms with Gasteiger partial charge in [-0.3, -0.25) is 4.79 Å². The number of carbonyl (C=O) groups excluding carboxylic acids is 1. The van der Waals surface area contributed by atoms with Gasteiger partial charge in [0.1, 0.15) is 5.82 Å². The van der Waals surface area contributed by atoms with E-state index in [0.717, 1.165) is 12.0 Å². The lowest BCUT2D eigenvalue weighted by Crippen LogP contribution is -2.15. The van der Waals surface area contributed by atoms with Gasteiger partial charge < -0.3 is 5.32 Å². The summed E-state index contributed by atoms with van der Waals surface area (Å²) in [4.78, 5) is 18.4. The molecule has 4 aromatic rings. The van der Waals surface area contributed by atoms with Crippen LogP contribution in [0.4, 0.5) is 10.1 Å². The largest absolute Gasteiger partial charge is 0.322 e. The van der Waals surface area contributed by atoms with Crippen LogP contribution < -0.4 is 5.32 Å². The number of nitrogens with one attached hydrogen (secondary N) is 1. The van der Waals surface area contributed by atoms with Crippen molar-refractivity contribution in [2.24, 2.45) is 0 Å². The highest BCUT2D eigenvalue weighted by atomic mass is 32.2. The van der Waals surface area contributed by atoms with Crippen molar-refractivity contribution < 1.29 is 17.6 Å². The molecule has 0 saturated carbocycles. The second-order valence-electron chi connectivity index (χ2n) is 9.31. The fourth-order valence-corrected chi connectivity index (χ4v) is 6.34. The molecule has 1 unspecified atom stereocenters. The number of aryl methyl sites for hydroxylation is 3. The van der Waals surface area contributed by atoms with Crippen molar-refractivity contribution >= 4 is 32.5 Å². The smallest absolute Gasteiger partial charge is 0.256 e. The Morgan fingerprint density at radius 2 is 1.89 bits per heavy atom. The number of nitrogens with zero attached hydrogens (tertiary/aromatic N) is 3. The van der Waals surface area contributed by atoms with Gasteiger partial charge in [0, 0.05) is 11.3 Å². The van der Waals surface area contributed by atoms with E-state index in [1.54, 1.807) is 36.7 Å². The molecule has 2 aromatic heterocycles. The van der Waals surface area contributed by atoms with Crippen LogP contribution in [0.15, 0.2) is 48.5 Å². The van der Waals surface area contributed by atoms with Crippen LogP contribution in [0.1, 0.15) is 46.6 Å². The van der Waals surface area contributed by atoms with E-state index < -0.39 is 21.6 Å². The number of fused-ring (bicyclic) bond motifs is 1. The molecular formula is C27H27FN4O3S. The molecule has 186 valence electrons. The Balaban J connectivity index is 1.66. The zero-order valence-electron chi connectivity index (χ0n) is 20.4. The van der Waals surface area contributed by atoms with E-state index in [9.17, 15) is 17.6 Å². The van der Waals surface area contributed by atoms with Gasteiger partial charge >= 0.3 is 0 Å². The molecule has 7 nitrogen and oxygen atoms in total. The number of anilines is 1. The van der Waals surface area contributed by atoms with Gasteiger partial charge in [0.25, 0.3) is 5.91 Å². The number of rotatable bonds is 5. The minimum atomic E-state index is -3.15. The lowest BCUT2D eigenvalue weighted by Gasteiger charge is -2.13. The van der Waals surface area contributed by atoms with Crippen LogP contribution in [0.3, 0.4) is 0 Å². The van der Waals surface area contributed by atoms with Gasteiger partial charge in [-0.15, -0.1) is 0 Å². The van der Waals surface area contributed by atoms with Crippen LogP contribution in [0.2, 0.25) is 0 Å². The molecule has 5 rings (SSSR count). The molecule has 2 aromatic carbocycles. The lowest BCUT2D eigenvalue weighted by molar-refractivity contribution is 0.102. The van der Waals surface area contributed by atoms with Crippen LogP contribution in [0, 0.1) is 19.7 Å². The Bertz CT molecular complexity index is 1590. The second-order valence-corrected chi connectivity index (χ2v) is 11.5. The number of aromatic nitrogens is 3. The molecule has 1 saturated heterocycles. The number of benzene rings is 2. The van der Waals surface area contributed by atoms with Crippen molar-refractivity contribution in [3.63, 3.8) is 0 Å². The maximum absolute atomic E-state index is 14.1. The monoisotopic (exact) mass is 506 g/mol. The summed E-state index contributed by atoms with van der Waals surface area (Å²) in [5, 5.41) is 7.97. The molecule has 9 heteroatoms. The first-order valence-electron chi connectivity index (χ1n) is 11.9. The number of pyridine rings is 1. The SMILES string of the molecule is CCc1ccc(-c2cc(C(=O)Nc3ccc(C)c(F)c3)c3c(C)nn(C4CCS(=O)(=O)C4)c3n2)cc1. The van der Waals surface area contributed by atoms with Gasteiger partial charge in [0.2, 0.25) is 0 Å². The van der Waals surface area contributed by atoms with Gasteiger partial charge in [0.15, 0.2) is 15.5 Å². The zero-order chi connectivity index (χ0) is 25.6. The van der Waals surface area contributed by atoms with Crippen LogP contribution in [0.5, 0.6) is 0 Å². The average molecular weight is 507 g/mol. The Hall–Kier alpha value is -3.59. The minimum Gasteiger partial charge on any atom is -0.322 e. The normalized spacial score (nSPS) is 16.9. The van der Waals surface area contributed by atoms with Crippen molar-refractivity contribution in [1.82, 2.24) is 14.8 Å². The molecule has 0 spiro atoms. The summed E-state index contributed by atoms with van der Waals surface area (Å²) >= 11 is 0. The van der Waals surface area contributed by atoms with Gasteiger partial charge in [-0.1, -0.05) is 37.3 Å². The van der Waals surface area contributed by atoms with E-state index in [-0.39, 0.29) is 17.5 Å². The molecule has 1 amide bonds. The quantitative estimate of drug-likeness (QED) is 0.410. The number of sulfone groups is 1. The van der Waals surface area contributed by atoms with Crippen molar-refractivity contribution in [2.75, 3.05) is 16.8 Å². The van der Waals surface area contributed by atoms with Crippen LogP contribution in [-0.2, 0) is 16.3 Å². The van der Waals surface area contributed by atoms with Crippen molar-refractivity contribution in [3.8, 4) is 11.3 Å². The maximum Gasteiger partial charge on any atom is 0.256 e. The molecular weight excluding hydrogens is 479 g/mol. The first-order chi connectivity index (χ1) is 17.1. The molecule has 1 N–H and O–H groups in total. The molecule has 3 heterocycles. The third-order valence-electron chi connectivity index (χ3n) is 6.72. The minimum absolute atomic E-state index is 0.00943. The van der Waals surface area contributed by atoms with Crippen molar-refractivity contribution in [2.45, 2.75) is 39.7 Å². The second kappa shape index (κ2) is 9.13. The number of hydrogen-bond donors (Lipinski definition) is 1. The molecule has 1 aliphatic heterocycles. The van der Waals surface area contributed by atoms with Gasteiger partial charge in [-0.05, 0) is 56.0 Å². The number of halogens is 1. The first-order valence-corrected chi connectivity index (χ1v) is 13.7. The van der Waals surface area contributed by atoms with E-state index in [1.165, 1.54) is 11.6 Å². The van der Waals surface area contributed by atoms with Crippen LogP contribution in [-0.4, -0.2) is 40.6 Å². The summed E-state index contributed by atoms with van der Waals surface area (Å²) in [6.07, 6.45) is 1.34. The average Bonchev–Trinajstić information content (AvgIpc) is 3.39. The van der Waals surface area contributed by atoms with E-state index >= 15 is 0 Å². The molecule has 1 fully saturated rings. The Kier molecular flexibility index (Phi) is 6.12. The zero-order valence-corrected chi connectivity index (χ0v) is 21.2. The first kappa shape index (κ1) is 24.1.